The number of halogens is 1. The highest BCUT2D eigenvalue weighted by atomic mass is 35.5. The van der Waals surface area contributed by atoms with Crippen LogP contribution >= 0.6 is 11.6 Å². The predicted molar refractivity (Wildman–Crippen MR) is 81.1 cm³/mol. The second-order valence-electron chi connectivity index (χ2n) is 5.52. The van der Waals surface area contributed by atoms with E-state index >= 15 is 0 Å². The number of methoxy groups -OCH3 is 1. The molecule has 1 N–H and O–H groups in total. The fraction of sp³-hybridized carbons (Fsp3) is 0.562. The lowest BCUT2D eigenvalue weighted by Gasteiger charge is -2.28. The minimum atomic E-state index is 0.0938. The van der Waals surface area contributed by atoms with E-state index in [0.29, 0.717) is 23.6 Å². The van der Waals surface area contributed by atoms with Crippen molar-refractivity contribution in [2.45, 2.75) is 51.2 Å². The number of aryl methyl sites for hydroxylation is 1. The van der Waals surface area contributed by atoms with Crippen LogP contribution in [0.15, 0.2) is 18.2 Å². The zero-order valence-electron chi connectivity index (χ0n) is 12.1. The van der Waals surface area contributed by atoms with Crippen LogP contribution in [0.25, 0.3) is 0 Å². The Balaban J connectivity index is 1.84. The van der Waals surface area contributed by atoms with Crippen molar-refractivity contribution in [1.82, 2.24) is 5.32 Å². The van der Waals surface area contributed by atoms with Crippen LogP contribution in [0.3, 0.4) is 0 Å². The molecule has 4 heteroatoms. The molecule has 0 spiro atoms. The monoisotopic (exact) mass is 295 g/mol. The molecule has 0 bridgehead atoms. The Morgan fingerprint density at radius 1 is 1.35 bits per heavy atom. The Bertz CT molecular complexity index is 468. The quantitative estimate of drug-likeness (QED) is 0.926. The highest BCUT2D eigenvalue weighted by molar-refractivity contribution is 6.30. The van der Waals surface area contributed by atoms with Gasteiger partial charge >= 0.3 is 0 Å². The lowest BCUT2D eigenvalue weighted by atomic mass is 9.92. The maximum atomic E-state index is 12.1. The Morgan fingerprint density at radius 3 is 2.65 bits per heavy atom. The van der Waals surface area contributed by atoms with E-state index in [-0.39, 0.29) is 5.91 Å². The Labute approximate surface area is 125 Å². The van der Waals surface area contributed by atoms with Crippen LogP contribution in [-0.4, -0.2) is 25.2 Å². The maximum Gasteiger partial charge on any atom is 0.224 e. The molecule has 0 atom stereocenters. The van der Waals surface area contributed by atoms with E-state index in [4.69, 9.17) is 16.3 Å². The van der Waals surface area contributed by atoms with Gasteiger partial charge in [-0.2, -0.15) is 0 Å². The Morgan fingerprint density at radius 2 is 2.05 bits per heavy atom. The maximum absolute atomic E-state index is 12.1. The Kier molecular flexibility index (Phi) is 5.44. The van der Waals surface area contributed by atoms with Gasteiger partial charge < -0.3 is 10.1 Å². The van der Waals surface area contributed by atoms with Crippen LogP contribution in [0.5, 0.6) is 0 Å². The van der Waals surface area contributed by atoms with Crippen molar-refractivity contribution >= 4 is 17.5 Å². The van der Waals surface area contributed by atoms with E-state index in [2.05, 4.69) is 5.32 Å². The van der Waals surface area contributed by atoms with Crippen molar-refractivity contribution in [3.8, 4) is 0 Å². The molecular weight excluding hydrogens is 274 g/mol. The molecule has 1 amide bonds. The van der Waals surface area contributed by atoms with Gasteiger partial charge in [0.1, 0.15) is 0 Å². The summed E-state index contributed by atoms with van der Waals surface area (Å²) >= 11 is 5.92. The normalized spacial score (nSPS) is 22.6. The average Bonchev–Trinajstić information content (AvgIpc) is 2.43. The van der Waals surface area contributed by atoms with Gasteiger partial charge in [0.15, 0.2) is 0 Å². The number of hydrogen-bond acceptors (Lipinski definition) is 2. The van der Waals surface area contributed by atoms with E-state index in [0.717, 1.165) is 36.8 Å². The average molecular weight is 296 g/mol. The second-order valence-corrected chi connectivity index (χ2v) is 5.96. The van der Waals surface area contributed by atoms with Crippen molar-refractivity contribution in [1.29, 1.82) is 0 Å². The van der Waals surface area contributed by atoms with E-state index in [9.17, 15) is 4.79 Å². The van der Waals surface area contributed by atoms with E-state index in [1.54, 1.807) is 7.11 Å². The number of hydrogen-bond donors (Lipinski definition) is 1. The van der Waals surface area contributed by atoms with Crippen molar-refractivity contribution in [3.05, 3.63) is 34.3 Å². The summed E-state index contributed by atoms with van der Waals surface area (Å²) in [6, 6.07) is 5.95. The number of ether oxygens (including phenoxy) is 1. The summed E-state index contributed by atoms with van der Waals surface area (Å²) in [6.45, 7) is 1.98. The van der Waals surface area contributed by atoms with E-state index < -0.39 is 0 Å². The molecule has 1 aromatic carbocycles. The second kappa shape index (κ2) is 7.09. The Hall–Kier alpha value is -1.06. The lowest BCUT2D eigenvalue weighted by molar-refractivity contribution is -0.121. The van der Waals surface area contributed by atoms with Gasteiger partial charge in [0.2, 0.25) is 5.91 Å². The molecule has 1 aromatic rings. The minimum absolute atomic E-state index is 0.0938. The number of amides is 1. The summed E-state index contributed by atoms with van der Waals surface area (Å²) < 4.78 is 5.34. The molecule has 20 heavy (non-hydrogen) atoms. The first-order chi connectivity index (χ1) is 9.58. The third kappa shape index (κ3) is 4.22. The lowest BCUT2D eigenvalue weighted by Crippen LogP contribution is -2.39. The third-order valence-corrected chi connectivity index (χ3v) is 4.26. The SMILES string of the molecule is COC1CCC(NC(=O)Cc2ccc(Cl)cc2C)CC1. The van der Waals surface area contributed by atoms with E-state index in [1.165, 1.54) is 0 Å². The standard InChI is InChI=1S/C16H22ClNO2/c1-11-9-13(17)4-3-12(11)10-16(19)18-14-5-7-15(20-2)8-6-14/h3-4,9,14-15H,5-8,10H2,1-2H3,(H,18,19). The van der Waals surface area contributed by atoms with Crippen LogP contribution in [0.4, 0.5) is 0 Å². The van der Waals surface area contributed by atoms with Crippen LogP contribution in [0, 0.1) is 6.92 Å². The minimum Gasteiger partial charge on any atom is -0.381 e. The van der Waals surface area contributed by atoms with Gasteiger partial charge in [-0.3, -0.25) is 4.79 Å². The van der Waals surface area contributed by atoms with Crippen LogP contribution in [0.1, 0.15) is 36.8 Å². The first-order valence-electron chi connectivity index (χ1n) is 7.15. The highest BCUT2D eigenvalue weighted by Gasteiger charge is 2.22. The number of rotatable bonds is 4. The molecule has 2 rings (SSSR count). The van der Waals surface area contributed by atoms with Gasteiger partial charge in [0.25, 0.3) is 0 Å². The highest BCUT2D eigenvalue weighted by Crippen LogP contribution is 2.21. The van der Waals surface area contributed by atoms with Gasteiger partial charge in [-0.15, -0.1) is 0 Å². The summed E-state index contributed by atoms with van der Waals surface area (Å²) in [5, 5.41) is 3.84. The molecule has 0 saturated heterocycles. The van der Waals surface area contributed by atoms with Gasteiger partial charge in [-0.25, -0.2) is 0 Å². The molecule has 0 aliphatic heterocycles. The molecular formula is C16H22ClNO2. The van der Waals surface area contributed by atoms with Gasteiger partial charge in [-0.05, 0) is 55.9 Å². The first kappa shape index (κ1) is 15.3. The zero-order valence-corrected chi connectivity index (χ0v) is 12.9. The molecule has 1 aliphatic rings. The third-order valence-electron chi connectivity index (χ3n) is 4.03. The molecule has 0 aromatic heterocycles. The first-order valence-corrected chi connectivity index (χ1v) is 7.53. The van der Waals surface area contributed by atoms with Crippen LogP contribution in [-0.2, 0) is 16.0 Å². The summed E-state index contributed by atoms with van der Waals surface area (Å²) in [5.74, 6) is 0.0938. The fourth-order valence-electron chi connectivity index (χ4n) is 2.75. The largest absolute Gasteiger partial charge is 0.381 e. The topological polar surface area (TPSA) is 38.3 Å². The van der Waals surface area contributed by atoms with Crippen molar-refractivity contribution < 1.29 is 9.53 Å². The number of benzene rings is 1. The zero-order chi connectivity index (χ0) is 14.5. The summed E-state index contributed by atoms with van der Waals surface area (Å²) in [7, 11) is 1.76. The molecule has 3 nitrogen and oxygen atoms in total. The van der Waals surface area contributed by atoms with Crippen LogP contribution < -0.4 is 5.32 Å². The van der Waals surface area contributed by atoms with Gasteiger partial charge in [-0.1, -0.05) is 17.7 Å². The fourth-order valence-corrected chi connectivity index (χ4v) is 2.98. The number of carbonyl (C=O) groups is 1. The summed E-state index contributed by atoms with van der Waals surface area (Å²) in [4.78, 5) is 12.1. The molecule has 1 aliphatic carbocycles. The number of carbonyl (C=O) groups excluding carboxylic acids is 1. The molecule has 0 radical (unpaired) electrons. The van der Waals surface area contributed by atoms with Crippen LogP contribution in [0.2, 0.25) is 5.02 Å². The summed E-state index contributed by atoms with van der Waals surface area (Å²) in [6.07, 6.45) is 4.85. The van der Waals surface area contributed by atoms with Gasteiger partial charge in [0, 0.05) is 18.2 Å². The van der Waals surface area contributed by atoms with Gasteiger partial charge in [0.05, 0.1) is 12.5 Å². The molecule has 0 unspecified atom stereocenters. The predicted octanol–water partition coefficient (Wildman–Crippen LogP) is 3.26. The molecule has 1 saturated carbocycles. The van der Waals surface area contributed by atoms with Crippen molar-refractivity contribution in [3.63, 3.8) is 0 Å². The van der Waals surface area contributed by atoms with E-state index in [1.807, 2.05) is 25.1 Å². The molecule has 1 fully saturated rings. The van der Waals surface area contributed by atoms with Crippen molar-refractivity contribution in [2.75, 3.05) is 7.11 Å². The molecule has 0 heterocycles. The number of nitrogens with one attached hydrogen (secondary N) is 1. The smallest absolute Gasteiger partial charge is 0.224 e. The summed E-state index contributed by atoms with van der Waals surface area (Å²) in [5.41, 5.74) is 2.10. The molecule has 110 valence electrons. The van der Waals surface area contributed by atoms with Crippen molar-refractivity contribution in [2.24, 2.45) is 0 Å².